The largest absolute Gasteiger partial charge is 0.480 e. The number of carbonyl (C=O) groups is 2. The Morgan fingerprint density at radius 1 is 1.29 bits per heavy atom. The standard InChI is InChI=1S/C10H20N4O3/c1-3-13(8-9(15)16)10(17)11-14-6-4-12(2)5-7-14/h3-8H2,1-2H3,(H,11,17)(H,15,16). The summed E-state index contributed by atoms with van der Waals surface area (Å²) in [5, 5.41) is 10.5. The van der Waals surface area contributed by atoms with Gasteiger partial charge in [-0.05, 0) is 14.0 Å². The maximum absolute atomic E-state index is 11.8. The number of nitrogens with one attached hydrogen (secondary N) is 1. The second-order valence-corrected chi connectivity index (χ2v) is 4.12. The number of aliphatic carboxylic acids is 1. The van der Waals surface area contributed by atoms with Gasteiger partial charge in [-0.15, -0.1) is 0 Å². The lowest BCUT2D eigenvalue weighted by molar-refractivity contribution is -0.137. The Morgan fingerprint density at radius 2 is 1.88 bits per heavy atom. The lowest BCUT2D eigenvalue weighted by atomic mass is 10.4. The number of hydrogen-bond acceptors (Lipinski definition) is 4. The van der Waals surface area contributed by atoms with Crippen LogP contribution < -0.4 is 5.43 Å². The van der Waals surface area contributed by atoms with Gasteiger partial charge in [0.2, 0.25) is 0 Å². The van der Waals surface area contributed by atoms with Crippen molar-refractivity contribution in [3.63, 3.8) is 0 Å². The molecule has 2 amide bonds. The first-order chi connectivity index (χ1) is 8.02. The summed E-state index contributed by atoms with van der Waals surface area (Å²) < 4.78 is 0. The first-order valence-corrected chi connectivity index (χ1v) is 5.73. The Balaban J connectivity index is 2.38. The smallest absolute Gasteiger partial charge is 0.332 e. The molecule has 0 radical (unpaired) electrons. The van der Waals surface area contributed by atoms with Crippen LogP contribution in [0.4, 0.5) is 4.79 Å². The quantitative estimate of drug-likeness (QED) is 0.681. The first-order valence-electron chi connectivity index (χ1n) is 5.73. The molecule has 0 aromatic carbocycles. The van der Waals surface area contributed by atoms with E-state index in [-0.39, 0.29) is 12.6 Å². The predicted molar refractivity (Wildman–Crippen MR) is 62.5 cm³/mol. The van der Waals surface area contributed by atoms with Gasteiger partial charge in [-0.2, -0.15) is 0 Å². The van der Waals surface area contributed by atoms with Gasteiger partial charge in [0.1, 0.15) is 6.54 Å². The van der Waals surface area contributed by atoms with Crippen LogP contribution in [-0.2, 0) is 4.79 Å². The number of likely N-dealkylation sites (N-methyl/N-ethyl adjacent to an activating group) is 2. The van der Waals surface area contributed by atoms with E-state index in [1.807, 2.05) is 12.1 Å². The number of hydrogen-bond donors (Lipinski definition) is 2. The van der Waals surface area contributed by atoms with Crippen molar-refractivity contribution in [1.82, 2.24) is 20.2 Å². The zero-order chi connectivity index (χ0) is 12.8. The van der Waals surface area contributed by atoms with Crippen LogP contribution in [0, 0.1) is 0 Å². The van der Waals surface area contributed by atoms with Crippen LogP contribution in [0.25, 0.3) is 0 Å². The van der Waals surface area contributed by atoms with E-state index in [1.165, 1.54) is 4.90 Å². The van der Waals surface area contributed by atoms with E-state index < -0.39 is 5.97 Å². The maximum atomic E-state index is 11.8. The number of urea groups is 1. The second kappa shape index (κ2) is 6.41. The van der Waals surface area contributed by atoms with Crippen molar-refractivity contribution in [2.75, 3.05) is 46.3 Å². The van der Waals surface area contributed by atoms with Gasteiger partial charge in [0.15, 0.2) is 0 Å². The molecule has 1 fully saturated rings. The zero-order valence-corrected chi connectivity index (χ0v) is 10.3. The van der Waals surface area contributed by atoms with Crippen molar-refractivity contribution in [3.8, 4) is 0 Å². The molecule has 0 atom stereocenters. The van der Waals surface area contributed by atoms with E-state index in [1.54, 1.807) is 6.92 Å². The number of rotatable bonds is 4. The summed E-state index contributed by atoms with van der Waals surface area (Å²) in [5.41, 5.74) is 2.73. The summed E-state index contributed by atoms with van der Waals surface area (Å²) in [5.74, 6) is -1.000. The Kier molecular flexibility index (Phi) is 5.17. The average Bonchev–Trinajstić information content (AvgIpc) is 2.28. The number of carboxylic acid groups (broad SMARTS) is 1. The molecule has 2 N–H and O–H groups in total. The highest BCUT2D eigenvalue weighted by molar-refractivity contribution is 5.79. The minimum atomic E-state index is -1.000. The molecule has 7 heteroatoms. The Bertz CT molecular complexity index is 277. The Morgan fingerprint density at radius 3 is 2.35 bits per heavy atom. The molecule has 0 unspecified atom stereocenters. The highest BCUT2D eigenvalue weighted by Gasteiger charge is 2.19. The summed E-state index contributed by atoms with van der Waals surface area (Å²) >= 11 is 0. The third-order valence-corrected chi connectivity index (χ3v) is 2.75. The summed E-state index contributed by atoms with van der Waals surface area (Å²) in [6, 6.07) is -0.348. The minimum absolute atomic E-state index is 0.268. The number of piperazine rings is 1. The fourth-order valence-electron chi connectivity index (χ4n) is 1.61. The zero-order valence-electron chi connectivity index (χ0n) is 10.3. The van der Waals surface area contributed by atoms with E-state index in [0.29, 0.717) is 6.54 Å². The average molecular weight is 244 g/mol. The van der Waals surface area contributed by atoms with Gasteiger partial charge in [-0.1, -0.05) is 0 Å². The SMILES string of the molecule is CCN(CC(=O)O)C(=O)NN1CCN(C)CC1. The molecular weight excluding hydrogens is 224 g/mol. The molecule has 0 aromatic rings. The van der Waals surface area contributed by atoms with Crippen molar-refractivity contribution >= 4 is 12.0 Å². The topological polar surface area (TPSA) is 76.1 Å². The molecule has 0 bridgehead atoms. The first kappa shape index (κ1) is 13.7. The van der Waals surface area contributed by atoms with Crippen molar-refractivity contribution < 1.29 is 14.7 Å². The fourth-order valence-corrected chi connectivity index (χ4v) is 1.61. The van der Waals surface area contributed by atoms with Crippen LogP contribution in [0.15, 0.2) is 0 Å². The van der Waals surface area contributed by atoms with E-state index in [4.69, 9.17) is 5.11 Å². The summed E-state index contributed by atoms with van der Waals surface area (Å²) in [4.78, 5) is 25.8. The van der Waals surface area contributed by atoms with Crippen molar-refractivity contribution in [2.45, 2.75) is 6.92 Å². The molecule has 1 rings (SSSR count). The molecule has 0 aromatic heterocycles. The van der Waals surface area contributed by atoms with Gasteiger partial charge < -0.3 is 14.9 Å². The van der Waals surface area contributed by atoms with E-state index in [0.717, 1.165) is 26.2 Å². The summed E-state index contributed by atoms with van der Waals surface area (Å²) in [6.07, 6.45) is 0. The van der Waals surface area contributed by atoms with E-state index in [9.17, 15) is 9.59 Å². The van der Waals surface area contributed by atoms with Gasteiger partial charge in [-0.3, -0.25) is 10.2 Å². The minimum Gasteiger partial charge on any atom is -0.480 e. The van der Waals surface area contributed by atoms with Gasteiger partial charge in [0, 0.05) is 32.7 Å². The second-order valence-electron chi connectivity index (χ2n) is 4.12. The predicted octanol–water partition coefficient (Wildman–Crippen LogP) is -0.735. The number of hydrazine groups is 1. The van der Waals surface area contributed by atoms with E-state index >= 15 is 0 Å². The Hall–Kier alpha value is -1.34. The Labute approximate surface area is 101 Å². The summed E-state index contributed by atoms with van der Waals surface area (Å²) in [7, 11) is 2.03. The molecule has 98 valence electrons. The van der Waals surface area contributed by atoms with Crippen molar-refractivity contribution in [1.29, 1.82) is 0 Å². The van der Waals surface area contributed by atoms with E-state index in [2.05, 4.69) is 10.3 Å². The summed E-state index contributed by atoms with van der Waals surface area (Å²) in [6.45, 7) is 5.17. The number of amides is 2. The van der Waals surface area contributed by atoms with Crippen LogP contribution in [0.3, 0.4) is 0 Å². The van der Waals surface area contributed by atoms with Gasteiger partial charge in [0.05, 0.1) is 0 Å². The number of nitrogens with zero attached hydrogens (tertiary/aromatic N) is 3. The fraction of sp³-hybridized carbons (Fsp3) is 0.800. The van der Waals surface area contributed by atoms with Crippen LogP contribution in [0.5, 0.6) is 0 Å². The maximum Gasteiger partial charge on any atom is 0.332 e. The molecule has 1 saturated heterocycles. The lowest BCUT2D eigenvalue weighted by Gasteiger charge is -2.33. The third-order valence-electron chi connectivity index (χ3n) is 2.75. The van der Waals surface area contributed by atoms with Crippen LogP contribution in [0.1, 0.15) is 6.92 Å². The number of carbonyl (C=O) groups excluding carboxylic acids is 1. The highest BCUT2D eigenvalue weighted by Crippen LogP contribution is 1.97. The van der Waals surface area contributed by atoms with Gasteiger partial charge >= 0.3 is 12.0 Å². The monoisotopic (exact) mass is 244 g/mol. The van der Waals surface area contributed by atoms with Gasteiger partial charge in [-0.25, -0.2) is 9.80 Å². The highest BCUT2D eigenvalue weighted by atomic mass is 16.4. The van der Waals surface area contributed by atoms with Crippen LogP contribution in [-0.4, -0.2) is 78.2 Å². The molecule has 0 aliphatic carbocycles. The normalized spacial score (nSPS) is 17.8. The molecule has 1 heterocycles. The van der Waals surface area contributed by atoms with Gasteiger partial charge in [0.25, 0.3) is 0 Å². The third kappa shape index (κ3) is 4.58. The molecule has 0 spiro atoms. The van der Waals surface area contributed by atoms with Crippen LogP contribution in [0.2, 0.25) is 0 Å². The lowest BCUT2D eigenvalue weighted by Crippen LogP contribution is -2.56. The van der Waals surface area contributed by atoms with Crippen molar-refractivity contribution in [3.05, 3.63) is 0 Å². The molecule has 0 saturated carbocycles. The molecule has 1 aliphatic rings. The van der Waals surface area contributed by atoms with Crippen molar-refractivity contribution in [2.24, 2.45) is 0 Å². The van der Waals surface area contributed by atoms with Crippen LogP contribution >= 0.6 is 0 Å². The number of carboxylic acids is 1. The molecule has 7 nitrogen and oxygen atoms in total. The molecular formula is C10H20N4O3. The molecule has 17 heavy (non-hydrogen) atoms. The molecule has 1 aliphatic heterocycles.